The van der Waals surface area contributed by atoms with Crippen LogP contribution in [-0.4, -0.2) is 55.5 Å². The van der Waals surface area contributed by atoms with E-state index in [-0.39, 0.29) is 10.7 Å². The minimum absolute atomic E-state index is 0.206. The molecule has 27 heavy (non-hydrogen) atoms. The molecular weight excluding hydrogens is 389 g/mol. The van der Waals surface area contributed by atoms with Crippen molar-refractivity contribution in [3.05, 3.63) is 58.6 Å². The second-order valence-electron chi connectivity index (χ2n) is 6.47. The summed E-state index contributed by atoms with van der Waals surface area (Å²) in [6.45, 7) is 2.39. The van der Waals surface area contributed by atoms with Crippen molar-refractivity contribution in [1.82, 2.24) is 13.8 Å². The first-order chi connectivity index (χ1) is 12.9. The number of sulfonamides is 1. The molecule has 0 unspecified atom stereocenters. The zero-order chi connectivity index (χ0) is 19.4. The maximum Gasteiger partial charge on any atom is 0.244 e. The number of hydrogen-bond donors (Lipinski definition) is 0. The third kappa shape index (κ3) is 4.99. The van der Waals surface area contributed by atoms with Crippen LogP contribution in [0.2, 0.25) is 0 Å². The van der Waals surface area contributed by atoms with Gasteiger partial charge in [0.25, 0.3) is 0 Å². The number of aromatic nitrogens is 1. The summed E-state index contributed by atoms with van der Waals surface area (Å²) in [4.78, 5) is 2.15. The van der Waals surface area contributed by atoms with Gasteiger partial charge in [0.15, 0.2) is 0 Å². The largest absolute Gasteiger partial charge is 0.379 e. The molecule has 0 atom stereocenters. The molecule has 3 rings (SSSR count). The Hall–Kier alpha value is -1.65. The van der Waals surface area contributed by atoms with Gasteiger partial charge in [0.2, 0.25) is 10.0 Å². The molecule has 2 heterocycles. The first-order valence-electron chi connectivity index (χ1n) is 8.57. The molecule has 1 fully saturated rings. The topological polar surface area (TPSA) is 54.8 Å². The lowest BCUT2D eigenvalue weighted by Crippen LogP contribution is -2.40. The van der Waals surface area contributed by atoms with E-state index in [2.05, 4.69) is 0 Å². The van der Waals surface area contributed by atoms with Crippen LogP contribution in [0.5, 0.6) is 0 Å². The Balaban J connectivity index is 1.78. The summed E-state index contributed by atoms with van der Waals surface area (Å²) >= 11 is 5.34. The Morgan fingerprint density at radius 3 is 2.67 bits per heavy atom. The minimum Gasteiger partial charge on any atom is -0.379 e. The van der Waals surface area contributed by atoms with Gasteiger partial charge in [0, 0.05) is 25.8 Å². The smallest absolute Gasteiger partial charge is 0.244 e. The van der Waals surface area contributed by atoms with Crippen molar-refractivity contribution in [3.63, 3.8) is 0 Å². The van der Waals surface area contributed by atoms with Crippen LogP contribution in [0.25, 0.3) is 0 Å². The predicted molar refractivity (Wildman–Crippen MR) is 103 cm³/mol. The molecule has 0 amide bonds. The molecule has 0 radical (unpaired) electrons. The summed E-state index contributed by atoms with van der Waals surface area (Å²) < 4.78 is 47.9. The van der Waals surface area contributed by atoms with E-state index in [4.69, 9.17) is 17.0 Å². The fourth-order valence-electron chi connectivity index (χ4n) is 2.97. The molecule has 2 aromatic rings. The molecule has 0 N–H and O–H groups in total. The van der Waals surface area contributed by atoms with Gasteiger partial charge in [-0.1, -0.05) is 24.4 Å². The molecule has 146 valence electrons. The van der Waals surface area contributed by atoms with Crippen LogP contribution < -0.4 is 0 Å². The average molecular weight is 412 g/mol. The van der Waals surface area contributed by atoms with E-state index in [0.29, 0.717) is 44.2 Å². The second-order valence-corrected chi connectivity index (χ2v) is 8.83. The Kier molecular flexibility index (Phi) is 6.38. The van der Waals surface area contributed by atoms with Gasteiger partial charge < -0.3 is 9.30 Å². The van der Waals surface area contributed by atoms with Crippen LogP contribution in [0.4, 0.5) is 4.39 Å². The molecule has 9 heteroatoms. The molecule has 6 nitrogen and oxygen atoms in total. The van der Waals surface area contributed by atoms with Gasteiger partial charge in [-0.15, -0.1) is 0 Å². The Morgan fingerprint density at radius 2 is 1.96 bits per heavy atom. The highest BCUT2D eigenvalue weighted by molar-refractivity contribution is 7.89. The molecule has 1 saturated heterocycles. The van der Waals surface area contributed by atoms with E-state index in [1.165, 1.54) is 22.5 Å². The zero-order valence-corrected chi connectivity index (χ0v) is 16.7. The monoisotopic (exact) mass is 411 g/mol. The summed E-state index contributed by atoms with van der Waals surface area (Å²) in [5.41, 5.74) is 0.834. The normalized spacial score (nSPS) is 16.0. The number of hydrogen-bond acceptors (Lipinski definition) is 5. The van der Waals surface area contributed by atoms with Crippen LogP contribution in [0, 0.1) is 10.5 Å². The number of nitrogens with zero attached hydrogens (tertiary/aromatic N) is 3. The van der Waals surface area contributed by atoms with Crippen molar-refractivity contribution < 1.29 is 17.5 Å². The Morgan fingerprint density at radius 1 is 1.22 bits per heavy atom. The minimum atomic E-state index is -3.58. The number of rotatable bonds is 6. The standard InChI is InChI=1S/C18H22FN3O3S2/c1-20(12-15-3-2-4-16(19)11-15)14-21-13-17(5-6-18(21)26)27(23,24)22-7-9-25-10-8-22/h2-6,11,13H,7-10,12,14H2,1H3. The molecule has 0 spiro atoms. The fraction of sp³-hybridized carbons (Fsp3) is 0.389. The van der Waals surface area contributed by atoms with Crippen LogP contribution in [0.15, 0.2) is 47.5 Å². The number of morpholine rings is 1. The summed E-state index contributed by atoms with van der Waals surface area (Å²) in [6.07, 6.45) is 1.56. The lowest BCUT2D eigenvalue weighted by molar-refractivity contribution is 0.0730. The summed E-state index contributed by atoms with van der Waals surface area (Å²) in [7, 11) is -1.71. The highest BCUT2D eigenvalue weighted by Gasteiger charge is 2.26. The fourth-order valence-corrected chi connectivity index (χ4v) is 4.57. The predicted octanol–water partition coefficient (Wildman–Crippen LogP) is 2.47. The highest BCUT2D eigenvalue weighted by atomic mass is 32.2. The third-order valence-electron chi connectivity index (χ3n) is 4.30. The highest BCUT2D eigenvalue weighted by Crippen LogP contribution is 2.17. The maximum absolute atomic E-state index is 13.3. The molecule has 0 saturated carbocycles. The van der Waals surface area contributed by atoms with Crippen molar-refractivity contribution in [2.75, 3.05) is 33.4 Å². The lowest BCUT2D eigenvalue weighted by atomic mass is 10.2. The van der Waals surface area contributed by atoms with E-state index in [9.17, 15) is 12.8 Å². The number of ether oxygens (including phenoxy) is 1. The van der Waals surface area contributed by atoms with Crippen molar-refractivity contribution in [2.45, 2.75) is 18.1 Å². The van der Waals surface area contributed by atoms with Gasteiger partial charge >= 0.3 is 0 Å². The summed E-state index contributed by atoms with van der Waals surface area (Å²) in [5.74, 6) is -0.281. The first-order valence-corrected chi connectivity index (χ1v) is 10.4. The molecule has 1 aliphatic heterocycles. The van der Waals surface area contributed by atoms with Gasteiger partial charge in [0.05, 0.1) is 24.8 Å². The Bertz CT molecular complexity index is 956. The SMILES string of the molecule is CN(Cc1cccc(F)c1)Cn1cc(S(=O)(=O)N2CCOCC2)ccc1=S. The van der Waals surface area contributed by atoms with Gasteiger partial charge in [-0.25, -0.2) is 12.8 Å². The van der Waals surface area contributed by atoms with Crippen molar-refractivity contribution in [3.8, 4) is 0 Å². The van der Waals surface area contributed by atoms with E-state index in [1.807, 2.05) is 18.0 Å². The maximum atomic E-state index is 13.3. The summed E-state index contributed by atoms with van der Waals surface area (Å²) in [5, 5.41) is 0. The van der Waals surface area contributed by atoms with E-state index >= 15 is 0 Å². The molecule has 1 aliphatic rings. The summed E-state index contributed by atoms with van der Waals surface area (Å²) in [6, 6.07) is 9.56. The number of pyridine rings is 1. The van der Waals surface area contributed by atoms with Gasteiger partial charge in [-0.05, 0) is 36.9 Å². The zero-order valence-electron chi connectivity index (χ0n) is 15.0. The first kappa shape index (κ1) is 20.1. The van der Waals surface area contributed by atoms with Crippen LogP contribution in [-0.2, 0) is 28.0 Å². The van der Waals surface area contributed by atoms with Gasteiger partial charge in [0.1, 0.15) is 10.5 Å². The molecule has 0 aliphatic carbocycles. The van der Waals surface area contributed by atoms with Crippen molar-refractivity contribution in [2.24, 2.45) is 0 Å². The van der Waals surface area contributed by atoms with Gasteiger partial charge in [-0.2, -0.15) is 4.31 Å². The van der Waals surface area contributed by atoms with Crippen molar-refractivity contribution in [1.29, 1.82) is 0 Å². The van der Waals surface area contributed by atoms with E-state index in [0.717, 1.165) is 5.56 Å². The second kappa shape index (κ2) is 8.57. The molecule has 0 bridgehead atoms. The van der Waals surface area contributed by atoms with Gasteiger partial charge in [-0.3, -0.25) is 4.90 Å². The molecule has 1 aromatic carbocycles. The quantitative estimate of drug-likeness (QED) is 0.684. The number of benzene rings is 1. The van der Waals surface area contributed by atoms with Crippen LogP contribution in [0.1, 0.15) is 5.56 Å². The van der Waals surface area contributed by atoms with Crippen LogP contribution >= 0.6 is 12.2 Å². The van der Waals surface area contributed by atoms with Crippen LogP contribution in [0.3, 0.4) is 0 Å². The molecular formula is C18H22FN3O3S2. The third-order valence-corrected chi connectivity index (χ3v) is 6.55. The van der Waals surface area contributed by atoms with E-state index < -0.39 is 10.0 Å². The Labute approximate surface area is 163 Å². The average Bonchev–Trinajstić information content (AvgIpc) is 2.64. The van der Waals surface area contributed by atoms with Crippen molar-refractivity contribution >= 4 is 22.2 Å². The molecule has 1 aromatic heterocycles. The lowest BCUT2D eigenvalue weighted by Gasteiger charge is -2.26. The van der Waals surface area contributed by atoms with E-state index in [1.54, 1.807) is 22.9 Å². The number of halogens is 1.